The smallest absolute Gasteiger partial charge is 0.0936 e. The van der Waals surface area contributed by atoms with Crippen molar-refractivity contribution in [3.05, 3.63) is 0 Å². The van der Waals surface area contributed by atoms with E-state index in [1.54, 1.807) is 0 Å². The molecule has 5 atom stereocenters. The van der Waals surface area contributed by atoms with E-state index in [0.717, 1.165) is 44.1 Å². The van der Waals surface area contributed by atoms with Crippen LogP contribution in [0, 0.1) is 17.8 Å². The van der Waals surface area contributed by atoms with E-state index in [4.69, 9.17) is 9.47 Å². The second kappa shape index (κ2) is 5.25. The Balaban J connectivity index is 1.35. The quantitative estimate of drug-likeness (QED) is 0.811. The van der Waals surface area contributed by atoms with Gasteiger partial charge >= 0.3 is 0 Å². The summed E-state index contributed by atoms with van der Waals surface area (Å²) < 4.78 is 11.7. The molecule has 0 spiro atoms. The molecule has 2 saturated carbocycles. The van der Waals surface area contributed by atoms with E-state index in [1.807, 2.05) is 0 Å². The Morgan fingerprint density at radius 1 is 1.18 bits per heavy atom. The van der Waals surface area contributed by atoms with Gasteiger partial charge in [-0.05, 0) is 43.9 Å². The van der Waals surface area contributed by atoms with Gasteiger partial charge in [-0.15, -0.1) is 0 Å². The molecular weight excluding hydrogens is 214 g/mol. The lowest BCUT2D eigenvalue weighted by molar-refractivity contribution is -0.0748. The van der Waals surface area contributed by atoms with Crippen molar-refractivity contribution in [1.29, 1.82) is 0 Å². The number of ether oxygens (including phenoxy) is 2. The van der Waals surface area contributed by atoms with Gasteiger partial charge in [-0.1, -0.05) is 6.42 Å². The Morgan fingerprint density at radius 2 is 2.12 bits per heavy atom. The molecule has 2 bridgehead atoms. The molecule has 1 aliphatic heterocycles. The Hall–Kier alpha value is -0.120. The molecule has 3 fully saturated rings. The number of fused-ring (bicyclic) bond motifs is 2. The van der Waals surface area contributed by atoms with Gasteiger partial charge in [0.2, 0.25) is 0 Å². The van der Waals surface area contributed by atoms with Crippen molar-refractivity contribution >= 4 is 0 Å². The van der Waals surface area contributed by atoms with Crippen LogP contribution in [-0.2, 0) is 9.47 Å². The standard InChI is InChI=1S/C14H25NO2/c1-10-6-15-7-14(17-10)9-16-8-13-5-11-2-3-12(13)4-11/h10-15H,2-9H2,1H3. The van der Waals surface area contributed by atoms with Gasteiger partial charge in [0.1, 0.15) is 0 Å². The number of morpholine rings is 1. The highest BCUT2D eigenvalue weighted by molar-refractivity contribution is 4.89. The van der Waals surface area contributed by atoms with Crippen LogP contribution in [0.3, 0.4) is 0 Å². The molecule has 0 radical (unpaired) electrons. The van der Waals surface area contributed by atoms with Gasteiger partial charge < -0.3 is 14.8 Å². The molecule has 3 rings (SSSR count). The van der Waals surface area contributed by atoms with Crippen LogP contribution >= 0.6 is 0 Å². The van der Waals surface area contributed by atoms with Crippen molar-refractivity contribution in [3.63, 3.8) is 0 Å². The molecule has 3 nitrogen and oxygen atoms in total. The third kappa shape index (κ3) is 2.83. The molecule has 0 amide bonds. The maximum atomic E-state index is 5.89. The Labute approximate surface area is 104 Å². The van der Waals surface area contributed by atoms with Crippen molar-refractivity contribution in [2.24, 2.45) is 17.8 Å². The van der Waals surface area contributed by atoms with Crippen molar-refractivity contribution in [2.75, 3.05) is 26.3 Å². The lowest BCUT2D eigenvalue weighted by Crippen LogP contribution is -2.45. The zero-order valence-corrected chi connectivity index (χ0v) is 10.9. The van der Waals surface area contributed by atoms with Crippen LogP contribution in [0.15, 0.2) is 0 Å². The van der Waals surface area contributed by atoms with Crippen molar-refractivity contribution in [1.82, 2.24) is 5.32 Å². The van der Waals surface area contributed by atoms with E-state index in [0.29, 0.717) is 6.10 Å². The van der Waals surface area contributed by atoms with E-state index >= 15 is 0 Å². The third-order valence-electron chi connectivity index (χ3n) is 4.75. The zero-order valence-electron chi connectivity index (χ0n) is 10.9. The molecule has 1 saturated heterocycles. The fourth-order valence-electron chi connectivity index (χ4n) is 3.90. The molecule has 1 heterocycles. The predicted molar refractivity (Wildman–Crippen MR) is 67.0 cm³/mol. The van der Waals surface area contributed by atoms with Gasteiger partial charge in [-0.2, -0.15) is 0 Å². The number of rotatable bonds is 4. The summed E-state index contributed by atoms with van der Waals surface area (Å²) in [6.07, 6.45) is 6.43. The van der Waals surface area contributed by atoms with Crippen molar-refractivity contribution in [2.45, 2.75) is 44.8 Å². The molecule has 0 aromatic carbocycles. The SMILES string of the molecule is CC1CNCC(COCC2CC3CCC2C3)O1. The minimum Gasteiger partial charge on any atom is -0.378 e. The zero-order chi connectivity index (χ0) is 11.7. The first-order valence-corrected chi connectivity index (χ1v) is 7.25. The van der Waals surface area contributed by atoms with Gasteiger partial charge in [-0.25, -0.2) is 0 Å². The maximum absolute atomic E-state index is 5.89. The molecule has 3 heteroatoms. The van der Waals surface area contributed by atoms with Crippen LogP contribution in [0.2, 0.25) is 0 Å². The van der Waals surface area contributed by atoms with Crippen LogP contribution in [0.4, 0.5) is 0 Å². The summed E-state index contributed by atoms with van der Waals surface area (Å²) in [7, 11) is 0. The monoisotopic (exact) mass is 239 g/mol. The average Bonchev–Trinajstić information content (AvgIpc) is 2.91. The van der Waals surface area contributed by atoms with E-state index in [9.17, 15) is 0 Å². The molecule has 1 N–H and O–H groups in total. The lowest BCUT2D eigenvalue weighted by Gasteiger charge is -2.29. The molecule has 2 aliphatic carbocycles. The Kier molecular flexibility index (Phi) is 3.69. The Morgan fingerprint density at radius 3 is 2.82 bits per heavy atom. The molecule has 0 aromatic heterocycles. The van der Waals surface area contributed by atoms with E-state index in [1.165, 1.54) is 25.7 Å². The summed E-state index contributed by atoms with van der Waals surface area (Å²) in [6, 6.07) is 0. The van der Waals surface area contributed by atoms with E-state index in [-0.39, 0.29) is 6.10 Å². The second-order valence-corrected chi connectivity index (χ2v) is 6.20. The number of hydrogen-bond donors (Lipinski definition) is 1. The minimum atomic E-state index is 0.261. The van der Waals surface area contributed by atoms with Crippen molar-refractivity contribution in [3.8, 4) is 0 Å². The average molecular weight is 239 g/mol. The first-order chi connectivity index (χ1) is 8.31. The minimum absolute atomic E-state index is 0.261. The molecular formula is C14H25NO2. The summed E-state index contributed by atoms with van der Waals surface area (Å²) in [5, 5.41) is 3.39. The number of nitrogens with one attached hydrogen (secondary N) is 1. The number of hydrogen-bond acceptors (Lipinski definition) is 3. The third-order valence-corrected chi connectivity index (χ3v) is 4.75. The first-order valence-electron chi connectivity index (χ1n) is 7.25. The van der Waals surface area contributed by atoms with E-state index in [2.05, 4.69) is 12.2 Å². The summed E-state index contributed by atoms with van der Waals surface area (Å²) in [4.78, 5) is 0. The maximum Gasteiger partial charge on any atom is 0.0936 e. The largest absolute Gasteiger partial charge is 0.378 e. The van der Waals surface area contributed by atoms with Gasteiger partial charge in [-0.3, -0.25) is 0 Å². The van der Waals surface area contributed by atoms with Crippen LogP contribution in [0.1, 0.15) is 32.6 Å². The van der Waals surface area contributed by atoms with Crippen LogP contribution in [0.5, 0.6) is 0 Å². The summed E-state index contributed by atoms with van der Waals surface area (Å²) in [5.41, 5.74) is 0. The molecule has 5 unspecified atom stereocenters. The van der Waals surface area contributed by atoms with Gasteiger partial charge in [0.05, 0.1) is 18.8 Å². The molecule has 0 aromatic rings. The van der Waals surface area contributed by atoms with Crippen molar-refractivity contribution < 1.29 is 9.47 Å². The van der Waals surface area contributed by atoms with Gasteiger partial charge in [0, 0.05) is 19.7 Å². The van der Waals surface area contributed by atoms with E-state index < -0.39 is 0 Å². The molecule has 17 heavy (non-hydrogen) atoms. The lowest BCUT2D eigenvalue weighted by atomic mass is 9.90. The van der Waals surface area contributed by atoms with Crippen LogP contribution in [0.25, 0.3) is 0 Å². The highest BCUT2D eigenvalue weighted by Gasteiger charge is 2.39. The first kappa shape index (κ1) is 11.9. The van der Waals surface area contributed by atoms with Crippen LogP contribution in [-0.4, -0.2) is 38.5 Å². The highest BCUT2D eigenvalue weighted by Crippen LogP contribution is 2.48. The van der Waals surface area contributed by atoms with Gasteiger partial charge in [0.15, 0.2) is 0 Å². The van der Waals surface area contributed by atoms with Gasteiger partial charge in [0.25, 0.3) is 0 Å². The second-order valence-electron chi connectivity index (χ2n) is 6.20. The highest BCUT2D eigenvalue weighted by atomic mass is 16.5. The summed E-state index contributed by atoms with van der Waals surface area (Å²) in [5.74, 6) is 2.85. The fourth-order valence-corrected chi connectivity index (χ4v) is 3.90. The fraction of sp³-hybridized carbons (Fsp3) is 1.00. The Bertz CT molecular complexity index is 259. The summed E-state index contributed by atoms with van der Waals surface area (Å²) in [6.45, 7) is 5.78. The summed E-state index contributed by atoms with van der Waals surface area (Å²) >= 11 is 0. The predicted octanol–water partition coefficient (Wildman–Crippen LogP) is 1.82. The molecule has 3 aliphatic rings. The topological polar surface area (TPSA) is 30.5 Å². The molecule has 98 valence electrons. The normalized spacial score (nSPS) is 45.4. The van der Waals surface area contributed by atoms with Crippen LogP contribution < -0.4 is 5.32 Å².